The molecule has 13 heavy (non-hydrogen) atoms. The summed E-state index contributed by atoms with van der Waals surface area (Å²) in [5.41, 5.74) is 1.05. The number of rotatable bonds is 5. The van der Waals surface area contributed by atoms with Crippen molar-refractivity contribution in [1.29, 1.82) is 0 Å². The fourth-order valence-corrected chi connectivity index (χ4v) is 1.62. The molecule has 1 aromatic rings. The molecule has 1 aromatic heterocycles. The van der Waals surface area contributed by atoms with Crippen LogP contribution in [0, 0.1) is 0 Å². The average Bonchev–Trinajstić information content (AvgIpc) is 2.61. The predicted molar refractivity (Wildman–Crippen MR) is 53.1 cm³/mol. The van der Waals surface area contributed by atoms with Gasteiger partial charge in [0.05, 0.1) is 18.4 Å². The van der Waals surface area contributed by atoms with Gasteiger partial charge in [-0.15, -0.1) is 11.3 Å². The van der Waals surface area contributed by atoms with E-state index < -0.39 is 6.10 Å². The first-order valence-electron chi connectivity index (χ1n) is 4.23. The van der Waals surface area contributed by atoms with Crippen LogP contribution in [-0.2, 0) is 6.42 Å². The molecule has 5 heteroatoms. The lowest BCUT2D eigenvalue weighted by Gasteiger charge is -2.06. The van der Waals surface area contributed by atoms with Crippen LogP contribution in [0.15, 0.2) is 5.38 Å². The van der Waals surface area contributed by atoms with Crippen LogP contribution in [0.4, 0.5) is 5.13 Å². The zero-order chi connectivity index (χ0) is 9.68. The quantitative estimate of drug-likeness (QED) is 0.649. The van der Waals surface area contributed by atoms with Crippen molar-refractivity contribution >= 4 is 16.5 Å². The van der Waals surface area contributed by atoms with Gasteiger partial charge in [0.25, 0.3) is 0 Å². The Hall–Kier alpha value is -0.650. The average molecular weight is 202 g/mol. The summed E-state index contributed by atoms with van der Waals surface area (Å²) in [6, 6.07) is 0. The van der Waals surface area contributed by atoms with Crippen molar-refractivity contribution < 1.29 is 10.2 Å². The van der Waals surface area contributed by atoms with Crippen molar-refractivity contribution in [3.05, 3.63) is 11.1 Å². The Labute approximate surface area is 81.3 Å². The molecule has 3 N–H and O–H groups in total. The number of nitrogens with zero attached hydrogens (tertiary/aromatic N) is 1. The van der Waals surface area contributed by atoms with Gasteiger partial charge in [-0.2, -0.15) is 0 Å². The highest BCUT2D eigenvalue weighted by Crippen LogP contribution is 2.15. The summed E-state index contributed by atoms with van der Waals surface area (Å²) in [5, 5.41) is 23.3. The number of aliphatic hydroxyl groups is 2. The van der Waals surface area contributed by atoms with E-state index in [1.807, 2.05) is 12.3 Å². The van der Waals surface area contributed by atoms with Gasteiger partial charge in [0.15, 0.2) is 5.13 Å². The van der Waals surface area contributed by atoms with Crippen molar-refractivity contribution in [2.75, 3.05) is 18.5 Å². The lowest BCUT2D eigenvalue weighted by Crippen LogP contribution is -2.22. The first-order chi connectivity index (χ1) is 6.26. The topological polar surface area (TPSA) is 65.4 Å². The zero-order valence-corrected chi connectivity index (χ0v) is 8.34. The smallest absolute Gasteiger partial charge is 0.182 e. The predicted octanol–water partition coefficient (Wildman–Crippen LogP) is 0.471. The molecule has 0 radical (unpaired) electrons. The molecule has 1 heterocycles. The third kappa shape index (κ3) is 3.30. The molecule has 4 nitrogen and oxygen atoms in total. The fraction of sp³-hybridized carbons (Fsp3) is 0.625. The molecule has 0 aliphatic rings. The number of aliphatic hydroxyl groups excluding tert-OH is 2. The van der Waals surface area contributed by atoms with Crippen molar-refractivity contribution in [3.63, 3.8) is 0 Å². The lowest BCUT2D eigenvalue weighted by atomic mass is 10.4. The van der Waals surface area contributed by atoms with Crippen molar-refractivity contribution in [2.24, 2.45) is 0 Å². The first kappa shape index (κ1) is 10.4. The molecular formula is C8H14N2O2S. The van der Waals surface area contributed by atoms with Gasteiger partial charge in [-0.25, -0.2) is 4.98 Å². The minimum absolute atomic E-state index is 0.223. The summed E-state index contributed by atoms with van der Waals surface area (Å²) in [6.07, 6.45) is 0.203. The van der Waals surface area contributed by atoms with E-state index in [0.717, 1.165) is 17.2 Å². The molecule has 0 aliphatic heterocycles. The standard InChI is InChI=1S/C8H14N2O2S/c1-2-6-5-13-8(10-6)9-3-7(12)4-11/h5,7,11-12H,2-4H2,1H3,(H,9,10). The zero-order valence-electron chi connectivity index (χ0n) is 7.53. The first-order valence-corrected chi connectivity index (χ1v) is 5.11. The van der Waals surface area contributed by atoms with Crippen LogP contribution in [-0.4, -0.2) is 34.5 Å². The normalized spacial score (nSPS) is 12.8. The van der Waals surface area contributed by atoms with Crippen molar-refractivity contribution in [2.45, 2.75) is 19.4 Å². The number of nitrogens with one attached hydrogen (secondary N) is 1. The van der Waals surface area contributed by atoms with Crippen LogP contribution >= 0.6 is 11.3 Å². The second kappa shape index (κ2) is 5.16. The van der Waals surface area contributed by atoms with Gasteiger partial charge in [-0.3, -0.25) is 0 Å². The summed E-state index contributed by atoms with van der Waals surface area (Å²) >= 11 is 1.51. The van der Waals surface area contributed by atoms with E-state index in [1.165, 1.54) is 11.3 Å². The van der Waals surface area contributed by atoms with Gasteiger partial charge in [-0.1, -0.05) is 6.92 Å². The monoisotopic (exact) mass is 202 g/mol. The molecule has 1 atom stereocenters. The second-order valence-electron chi connectivity index (χ2n) is 2.71. The molecule has 1 rings (SSSR count). The maximum atomic E-state index is 9.05. The summed E-state index contributed by atoms with van der Waals surface area (Å²) in [4.78, 5) is 4.25. The van der Waals surface area contributed by atoms with Gasteiger partial charge in [-0.05, 0) is 6.42 Å². The highest BCUT2D eigenvalue weighted by atomic mass is 32.1. The van der Waals surface area contributed by atoms with E-state index in [4.69, 9.17) is 10.2 Å². The van der Waals surface area contributed by atoms with Crippen LogP contribution < -0.4 is 5.32 Å². The van der Waals surface area contributed by atoms with Crippen LogP contribution in [0.1, 0.15) is 12.6 Å². The summed E-state index contributed by atoms with van der Waals surface area (Å²) in [5.74, 6) is 0. The van der Waals surface area contributed by atoms with Gasteiger partial charge >= 0.3 is 0 Å². The van der Waals surface area contributed by atoms with E-state index in [9.17, 15) is 0 Å². The Morgan fingerprint density at radius 3 is 3.00 bits per heavy atom. The van der Waals surface area contributed by atoms with Crippen LogP contribution in [0.3, 0.4) is 0 Å². The van der Waals surface area contributed by atoms with Gasteiger partial charge in [0.2, 0.25) is 0 Å². The summed E-state index contributed by atoms with van der Waals surface area (Å²) in [7, 11) is 0. The molecule has 0 spiro atoms. The molecule has 0 aliphatic carbocycles. The Kier molecular flexibility index (Phi) is 4.14. The summed E-state index contributed by atoms with van der Waals surface area (Å²) < 4.78 is 0. The van der Waals surface area contributed by atoms with Gasteiger partial charge < -0.3 is 15.5 Å². The molecule has 0 saturated carbocycles. The van der Waals surface area contributed by atoms with Crippen molar-refractivity contribution in [1.82, 2.24) is 4.98 Å². The highest BCUT2D eigenvalue weighted by molar-refractivity contribution is 7.13. The minimum Gasteiger partial charge on any atom is -0.394 e. The van der Waals surface area contributed by atoms with Crippen LogP contribution in [0.2, 0.25) is 0 Å². The number of aryl methyl sites for hydroxylation is 1. The fourth-order valence-electron chi connectivity index (χ4n) is 0.820. The molecular weight excluding hydrogens is 188 g/mol. The Bertz CT molecular complexity index is 252. The molecule has 1 unspecified atom stereocenters. The minimum atomic E-state index is -0.714. The highest BCUT2D eigenvalue weighted by Gasteiger charge is 2.03. The lowest BCUT2D eigenvalue weighted by molar-refractivity contribution is 0.105. The molecule has 0 bridgehead atoms. The number of hydrogen-bond donors (Lipinski definition) is 3. The number of thiazole rings is 1. The molecule has 0 fully saturated rings. The third-order valence-corrected chi connectivity index (χ3v) is 2.46. The van der Waals surface area contributed by atoms with E-state index in [0.29, 0.717) is 6.54 Å². The molecule has 0 aromatic carbocycles. The number of anilines is 1. The van der Waals surface area contributed by atoms with Crippen LogP contribution in [0.5, 0.6) is 0 Å². The van der Waals surface area contributed by atoms with E-state index in [-0.39, 0.29) is 6.61 Å². The molecule has 0 amide bonds. The maximum Gasteiger partial charge on any atom is 0.182 e. The SMILES string of the molecule is CCc1csc(NCC(O)CO)n1. The van der Waals surface area contributed by atoms with Gasteiger partial charge in [0, 0.05) is 11.9 Å². The maximum absolute atomic E-state index is 9.05. The van der Waals surface area contributed by atoms with E-state index >= 15 is 0 Å². The summed E-state index contributed by atoms with van der Waals surface area (Å²) in [6.45, 7) is 2.16. The van der Waals surface area contributed by atoms with E-state index in [1.54, 1.807) is 0 Å². The van der Waals surface area contributed by atoms with Crippen LogP contribution in [0.25, 0.3) is 0 Å². The van der Waals surface area contributed by atoms with Crippen molar-refractivity contribution in [3.8, 4) is 0 Å². The second-order valence-corrected chi connectivity index (χ2v) is 3.57. The largest absolute Gasteiger partial charge is 0.394 e. The Morgan fingerprint density at radius 2 is 2.46 bits per heavy atom. The number of aromatic nitrogens is 1. The molecule has 74 valence electrons. The van der Waals surface area contributed by atoms with Gasteiger partial charge in [0.1, 0.15) is 0 Å². The molecule has 0 saturated heterocycles. The third-order valence-electron chi connectivity index (χ3n) is 1.61. The Morgan fingerprint density at radius 1 is 1.69 bits per heavy atom. The van der Waals surface area contributed by atoms with E-state index in [2.05, 4.69) is 10.3 Å². The Balaban J connectivity index is 2.36. The number of hydrogen-bond acceptors (Lipinski definition) is 5.